The fraction of sp³-hybridized carbons (Fsp3) is 0.300. The number of carbonyl (C=O) groups is 2. The number of hydrogen-bond donors (Lipinski definition) is 2. The van der Waals surface area contributed by atoms with Gasteiger partial charge in [0.25, 0.3) is 0 Å². The minimum atomic E-state index is -0.0288. The summed E-state index contributed by atoms with van der Waals surface area (Å²) in [4.78, 5) is 26.7. The lowest BCUT2D eigenvalue weighted by molar-refractivity contribution is -0.117. The maximum absolute atomic E-state index is 12.4. The molecule has 2 aromatic rings. The van der Waals surface area contributed by atoms with E-state index in [2.05, 4.69) is 15.5 Å². The molecular weight excluding hydrogens is 314 g/mol. The smallest absolute Gasteiger partial charge is 0.238 e. The minimum Gasteiger partial charge on any atom is -0.325 e. The summed E-state index contributed by atoms with van der Waals surface area (Å²) in [5.41, 5.74) is 1.98. The first-order chi connectivity index (χ1) is 12.2. The van der Waals surface area contributed by atoms with Crippen molar-refractivity contribution in [3.63, 3.8) is 0 Å². The third-order valence-electron chi connectivity index (χ3n) is 4.51. The maximum atomic E-state index is 12.4. The molecule has 25 heavy (non-hydrogen) atoms. The Morgan fingerprint density at radius 3 is 2.36 bits per heavy atom. The van der Waals surface area contributed by atoms with E-state index in [1.165, 1.54) is 0 Å². The third kappa shape index (κ3) is 4.53. The number of nitrogens with zero attached hydrogens (tertiary/aromatic N) is 1. The summed E-state index contributed by atoms with van der Waals surface area (Å²) in [5.74, 6) is -0.0486. The number of benzene rings is 2. The van der Waals surface area contributed by atoms with E-state index in [0.29, 0.717) is 29.4 Å². The van der Waals surface area contributed by atoms with Gasteiger partial charge in [0.15, 0.2) is 5.78 Å². The van der Waals surface area contributed by atoms with E-state index in [1.807, 2.05) is 25.2 Å². The molecule has 2 aromatic carbocycles. The number of ketones is 1. The molecule has 0 saturated carbocycles. The molecule has 0 radical (unpaired) electrons. The molecule has 2 N–H and O–H groups in total. The molecule has 1 aliphatic heterocycles. The SMILES string of the molecule is CNC1CCN(CC(=O)Nc2ccc(C(=O)c3ccccc3)cc2)C1. The Hall–Kier alpha value is -2.50. The largest absolute Gasteiger partial charge is 0.325 e. The van der Waals surface area contributed by atoms with Crippen molar-refractivity contribution in [1.29, 1.82) is 0 Å². The minimum absolute atomic E-state index is 0.0198. The van der Waals surface area contributed by atoms with Crippen molar-refractivity contribution >= 4 is 17.4 Å². The molecule has 1 amide bonds. The zero-order valence-corrected chi connectivity index (χ0v) is 14.4. The van der Waals surface area contributed by atoms with Crippen LogP contribution in [0.25, 0.3) is 0 Å². The summed E-state index contributed by atoms with van der Waals surface area (Å²) >= 11 is 0. The highest BCUT2D eigenvalue weighted by atomic mass is 16.2. The molecule has 0 spiro atoms. The van der Waals surface area contributed by atoms with Gasteiger partial charge in [0.2, 0.25) is 5.91 Å². The predicted molar refractivity (Wildman–Crippen MR) is 98.9 cm³/mol. The molecule has 0 aromatic heterocycles. The van der Waals surface area contributed by atoms with Crippen LogP contribution in [-0.2, 0) is 4.79 Å². The lowest BCUT2D eigenvalue weighted by Crippen LogP contribution is -2.34. The van der Waals surface area contributed by atoms with Gasteiger partial charge in [0, 0.05) is 35.9 Å². The topological polar surface area (TPSA) is 61.4 Å². The van der Waals surface area contributed by atoms with Gasteiger partial charge in [-0.05, 0) is 37.7 Å². The van der Waals surface area contributed by atoms with Crippen LogP contribution in [-0.4, -0.2) is 49.3 Å². The number of likely N-dealkylation sites (tertiary alicyclic amines) is 1. The number of likely N-dealkylation sites (N-methyl/N-ethyl adjacent to an activating group) is 1. The summed E-state index contributed by atoms with van der Waals surface area (Å²) in [5, 5.41) is 6.14. The molecule has 5 heteroatoms. The number of rotatable bonds is 6. The lowest BCUT2D eigenvalue weighted by atomic mass is 10.0. The average molecular weight is 337 g/mol. The Morgan fingerprint density at radius 1 is 1.04 bits per heavy atom. The second-order valence-corrected chi connectivity index (χ2v) is 6.33. The number of anilines is 1. The summed E-state index contributed by atoms with van der Waals surface area (Å²) in [6, 6.07) is 16.7. The fourth-order valence-corrected chi connectivity index (χ4v) is 3.08. The molecule has 5 nitrogen and oxygen atoms in total. The molecule has 0 bridgehead atoms. The normalized spacial score (nSPS) is 17.4. The molecule has 1 unspecified atom stereocenters. The molecule has 1 atom stereocenters. The molecule has 1 aliphatic rings. The van der Waals surface area contributed by atoms with Crippen molar-refractivity contribution in [3.8, 4) is 0 Å². The maximum Gasteiger partial charge on any atom is 0.238 e. The molecule has 130 valence electrons. The van der Waals surface area contributed by atoms with Gasteiger partial charge in [0.05, 0.1) is 6.54 Å². The van der Waals surface area contributed by atoms with Gasteiger partial charge in [0.1, 0.15) is 0 Å². The van der Waals surface area contributed by atoms with Crippen molar-refractivity contribution in [2.24, 2.45) is 0 Å². The highest BCUT2D eigenvalue weighted by Gasteiger charge is 2.22. The van der Waals surface area contributed by atoms with Crippen LogP contribution >= 0.6 is 0 Å². The summed E-state index contributed by atoms with van der Waals surface area (Å²) in [6.45, 7) is 2.22. The van der Waals surface area contributed by atoms with Gasteiger partial charge < -0.3 is 10.6 Å². The highest BCUT2D eigenvalue weighted by molar-refractivity contribution is 6.09. The second-order valence-electron chi connectivity index (χ2n) is 6.33. The number of amides is 1. The van der Waals surface area contributed by atoms with Crippen LogP contribution in [0.5, 0.6) is 0 Å². The van der Waals surface area contributed by atoms with Gasteiger partial charge in [-0.25, -0.2) is 0 Å². The van der Waals surface area contributed by atoms with Crippen molar-refractivity contribution in [2.45, 2.75) is 12.5 Å². The molecule has 1 fully saturated rings. The Labute approximate surface area is 148 Å². The zero-order valence-electron chi connectivity index (χ0n) is 14.4. The Balaban J connectivity index is 1.56. The Bertz CT molecular complexity index is 728. The number of carbonyl (C=O) groups excluding carboxylic acids is 2. The number of nitrogens with one attached hydrogen (secondary N) is 2. The first-order valence-corrected chi connectivity index (χ1v) is 8.55. The summed E-state index contributed by atoms with van der Waals surface area (Å²) < 4.78 is 0. The molecule has 1 saturated heterocycles. The third-order valence-corrected chi connectivity index (χ3v) is 4.51. The Kier molecular flexibility index (Phi) is 5.58. The average Bonchev–Trinajstić information content (AvgIpc) is 3.10. The molecular formula is C20H23N3O2. The van der Waals surface area contributed by atoms with Crippen molar-refractivity contribution < 1.29 is 9.59 Å². The van der Waals surface area contributed by atoms with E-state index >= 15 is 0 Å². The predicted octanol–water partition coefficient (Wildman–Crippen LogP) is 2.15. The van der Waals surface area contributed by atoms with Crippen molar-refractivity contribution in [1.82, 2.24) is 10.2 Å². The van der Waals surface area contributed by atoms with Gasteiger partial charge in [-0.2, -0.15) is 0 Å². The summed E-state index contributed by atoms with van der Waals surface area (Å²) in [7, 11) is 1.95. The van der Waals surface area contributed by atoms with E-state index < -0.39 is 0 Å². The van der Waals surface area contributed by atoms with Crippen LogP contribution in [0.2, 0.25) is 0 Å². The van der Waals surface area contributed by atoms with E-state index in [4.69, 9.17) is 0 Å². The van der Waals surface area contributed by atoms with Gasteiger partial charge in [-0.15, -0.1) is 0 Å². The van der Waals surface area contributed by atoms with Crippen LogP contribution in [0.3, 0.4) is 0 Å². The van der Waals surface area contributed by atoms with Crippen LogP contribution < -0.4 is 10.6 Å². The van der Waals surface area contributed by atoms with Crippen molar-refractivity contribution in [3.05, 3.63) is 65.7 Å². The van der Waals surface area contributed by atoms with Gasteiger partial charge >= 0.3 is 0 Å². The molecule has 1 heterocycles. The van der Waals surface area contributed by atoms with Crippen LogP contribution in [0.4, 0.5) is 5.69 Å². The van der Waals surface area contributed by atoms with E-state index in [0.717, 1.165) is 19.5 Å². The van der Waals surface area contributed by atoms with Gasteiger partial charge in [-0.1, -0.05) is 30.3 Å². The lowest BCUT2D eigenvalue weighted by Gasteiger charge is -2.15. The van der Waals surface area contributed by atoms with E-state index in [-0.39, 0.29) is 11.7 Å². The van der Waals surface area contributed by atoms with E-state index in [9.17, 15) is 9.59 Å². The first-order valence-electron chi connectivity index (χ1n) is 8.55. The van der Waals surface area contributed by atoms with Gasteiger partial charge in [-0.3, -0.25) is 14.5 Å². The van der Waals surface area contributed by atoms with Crippen molar-refractivity contribution in [2.75, 3.05) is 32.0 Å². The zero-order chi connectivity index (χ0) is 17.6. The quantitative estimate of drug-likeness (QED) is 0.793. The first kappa shape index (κ1) is 17.3. The second kappa shape index (κ2) is 8.05. The standard InChI is InChI=1S/C20H23N3O2/c1-21-18-11-12-23(13-18)14-19(24)22-17-9-7-16(8-10-17)20(25)15-5-3-2-4-6-15/h2-10,18,21H,11-14H2,1H3,(H,22,24). The van der Waals surface area contributed by atoms with Crippen LogP contribution in [0, 0.1) is 0 Å². The summed E-state index contributed by atoms with van der Waals surface area (Å²) in [6.07, 6.45) is 1.07. The highest BCUT2D eigenvalue weighted by Crippen LogP contribution is 2.14. The monoisotopic (exact) mass is 337 g/mol. The van der Waals surface area contributed by atoms with Crippen LogP contribution in [0.1, 0.15) is 22.3 Å². The molecule has 0 aliphatic carbocycles. The Morgan fingerprint density at radius 2 is 1.72 bits per heavy atom. The van der Waals surface area contributed by atoms with Crippen LogP contribution in [0.15, 0.2) is 54.6 Å². The fourth-order valence-electron chi connectivity index (χ4n) is 3.08. The van der Waals surface area contributed by atoms with E-state index in [1.54, 1.807) is 36.4 Å². The number of hydrogen-bond acceptors (Lipinski definition) is 4. The molecule has 3 rings (SSSR count).